The number of para-hydroxylation sites is 1. The quantitative estimate of drug-likeness (QED) is 0.0967. The number of nitrogen functional groups attached to an aromatic ring is 1. The highest BCUT2D eigenvalue weighted by molar-refractivity contribution is 5.89. The summed E-state index contributed by atoms with van der Waals surface area (Å²) in [4.78, 5) is 28.5. The standard InChI is InChI=1S/C35H45N9O4/c1-35(2,3)24-9-11-25(12-10-24)43-34(47)39-14-5-6-21(17-37-18-23-8-4-7-22-13-15-38-27(22)23)16-26-29(45)30(46)33(48-26)44-20-42-28-31(36)40-19-41-32(28)44/h4,7-13,15,19-21,26,29-30,33,37-38,45-46H,5-6,14,16-18H2,1-3H3,(H2,36,40,41)(H2,39,43,47)/t21-,26+,29-,30?,33+/m0/s1. The van der Waals surface area contributed by atoms with Gasteiger partial charge in [0.25, 0.3) is 0 Å². The van der Waals surface area contributed by atoms with E-state index in [1.165, 1.54) is 18.2 Å². The van der Waals surface area contributed by atoms with Gasteiger partial charge < -0.3 is 41.6 Å². The number of H-pyrrole nitrogens is 1. The molecule has 1 aliphatic heterocycles. The van der Waals surface area contributed by atoms with Crippen LogP contribution in [0.2, 0.25) is 0 Å². The number of ether oxygens (including phenoxy) is 1. The maximum absolute atomic E-state index is 12.6. The number of aliphatic hydroxyl groups excluding tert-OH is 2. The van der Waals surface area contributed by atoms with Crippen LogP contribution in [0.15, 0.2) is 67.4 Å². The molecule has 2 aromatic carbocycles. The van der Waals surface area contributed by atoms with Gasteiger partial charge in [-0.05, 0) is 71.9 Å². The fourth-order valence-corrected chi connectivity index (χ4v) is 6.37. The van der Waals surface area contributed by atoms with Crippen molar-refractivity contribution in [1.82, 2.24) is 35.1 Å². The zero-order valence-electron chi connectivity index (χ0n) is 27.6. The van der Waals surface area contributed by atoms with E-state index in [9.17, 15) is 15.0 Å². The molecule has 0 bridgehead atoms. The van der Waals surface area contributed by atoms with Crippen molar-refractivity contribution in [3.63, 3.8) is 0 Å². The van der Waals surface area contributed by atoms with Gasteiger partial charge in [-0.2, -0.15) is 0 Å². The average molecular weight is 656 g/mol. The number of hydrogen-bond donors (Lipinski definition) is 7. The molecule has 0 saturated carbocycles. The molecular formula is C35H45N9O4. The summed E-state index contributed by atoms with van der Waals surface area (Å²) < 4.78 is 7.86. The number of aliphatic hydroxyl groups is 2. The summed E-state index contributed by atoms with van der Waals surface area (Å²) in [5.74, 6) is 0.302. The van der Waals surface area contributed by atoms with Crippen LogP contribution in [0.25, 0.3) is 22.1 Å². The minimum absolute atomic E-state index is 0.0390. The SMILES string of the molecule is CC(C)(C)c1ccc(NC(=O)NCCC[C@H](CNCc2cccc3cc[nH]c23)C[C@H]2O[C@@H](n3cnc4c(N)ncnc43)C(O)[C@H]2O)cc1. The van der Waals surface area contributed by atoms with E-state index < -0.39 is 24.5 Å². The molecule has 13 heteroatoms. The lowest BCUT2D eigenvalue weighted by atomic mass is 9.87. The number of carbonyl (C=O) groups is 1. The first-order valence-corrected chi connectivity index (χ1v) is 16.4. The number of fused-ring (bicyclic) bond motifs is 2. The maximum atomic E-state index is 12.6. The number of nitrogens with one attached hydrogen (secondary N) is 4. The summed E-state index contributed by atoms with van der Waals surface area (Å²) in [5.41, 5.74) is 11.0. The van der Waals surface area contributed by atoms with Crippen LogP contribution >= 0.6 is 0 Å². The number of hydrogen-bond acceptors (Lipinski definition) is 9. The minimum Gasteiger partial charge on any atom is -0.388 e. The van der Waals surface area contributed by atoms with Gasteiger partial charge in [-0.15, -0.1) is 0 Å². The van der Waals surface area contributed by atoms with Gasteiger partial charge in [0.2, 0.25) is 0 Å². The van der Waals surface area contributed by atoms with Crippen LogP contribution in [-0.4, -0.2) is 72.1 Å². The lowest BCUT2D eigenvalue weighted by Crippen LogP contribution is -2.35. The van der Waals surface area contributed by atoms with Crippen LogP contribution < -0.4 is 21.7 Å². The molecule has 4 heterocycles. The van der Waals surface area contributed by atoms with Gasteiger partial charge in [-0.1, -0.05) is 51.1 Å². The number of anilines is 2. The molecule has 254 valence electrons. The van der Waals surface area contributed by atoms with Gasteiger partial charge in [0.15, 0.2) is 17.7 Å². The first-order chi connectivity index (χ1) is 23.1. The molecule has 8 N–H and O–H groups in total. The fraction of sp³-hybridized carbons (Fsp3) is 0.429. The van der Waals surface area contributed by atoms with Crippen LogP contribution in [-0.2, 0) is 16.7 Å². The van der Waals surface area contributed by atoms with Crippen LogP contribution in [0.5, 0.6) is 0 Å². The number of benzene rings is 2. The highest BCUT2D eigenvalue weighted by atomic mass is 16.6. The summed E-state index contributed by atoms with van der Waals surface area (Å²) >= 11 is 0. The molecule has 1 aliphatic rings. The van der Waals surface area contributed by atoms with Gasteiger partial charge >= 0.3 is 6.03 Å². The third kappa shape index (κ3) is 7.44. The van der Waals surface area contributed by atoms with Gasteiger partial charge in [0.05, 0.1) is 12.4 Å². The summed E-state index contributed by atoms with van der Waals surface area (Å²) in [7, 11) is 0. The lowest BCUT2D eigenvalue weighted by Gasteiger charge is -2.23. The second-order valence-electron chi connectivity index (χ2n) is 13.6. The molecular weight excluding hydrogens is 610 g/mol. The predicted molar refractivity (Wildman–Crippen MR) is 185 cm³/mol. The molecule has 13 nitrogen and oxygen atoms in total. The Hall–Kier alpha value is -4.56. The van der Waals surface area contributed by atoms with E-state index in [2.05, 4.69) is 74.9 Å². The Morgan fingerprint density at radius 3 is 2.69 bits per heavy atom. The minimum atomic E-state index is -1.19. The van der Waals surface area contributed by atoms with Crippen LogP contribution in [0.3, 0.4) is 0 Å². The smallest absolute Gasteiger partial charge is 0.319 e. The number of amides is 2. The van der Waals surface area contributed by atoms with E-state index in [1.54, 1.807) is 4.57 Å². The molecule has 1 unspecified atom stereocenters. The zero-order valence-corrected chi connectivity index (χ0v) is 27.6. The molecule has 2 amide bonds. The monoisotopic (exact) mass is 655 g/mol. The normalized spacial score (nSPS) is 20.4. The van der Waals surface area contributed by atoms with E-state index in [4.69, 9.17) is 10.5 Å². The predicted octanol–water partition coefficient (Wildman–Crippen LogP) is 4.20. The Balaban J connectivity index is 1.07. The van der Waals surface area contributed by atoms with Crippen molar-refractivity contribution in [2.75, 3.05) is 24.1 Å². The second-order valence-corrected chi connectivity index (χ2v) is 13.6. The number of aromatic nitrogens is 5. The number of carbonyl (C=O) groups excluding carboxylic acids is 1. The number of aromatic amines is 1. The highest BCUT2D eigenvalue weighted by Gasteiger charge is 2.44. The van der Waals surface area contributed by atoms with Gasteiger partial charge in [-0.25, -0.2) is 19.7 Å². The summed E-state index contributed by atoms with van der Waals surface area (Å²) in [6.45, 7) is 8.24. The molecule has 48 heavy (non-hydrogen) atoms. The molecule has 0 aliphatic carbocycles. The third-order valence-electron chi connectivity index (χ3n) is 9.07. The maximum Gasteiger partial charge on any atom is 0.319 e. The van der Waals surface area contributed by atoms with E-state index in [-0.39, 0.29) is 23.2 Å². The topological polar surface area (TPSA) is 188 Å². The average Bonchev–Trinajstić information content (AvgIpc) is 3.78. The Morgan fingerprint density at radius 1 is 1.08 bits per heavy atom. The number of imidazole rings is 1. The molecule has 1 fully saturated rings. The summed E-state index contributed by atoms with van der Waals surface area (Å²) in [6.07, 6.45) is 2.90. The lowest BCUT2D eigenvalue weighted by molar-refractivity contribution is -0.0416. The largest absolute Gasteiger partial charge is 0.388 e. The van der Waals surface area contributed by atoms with E-state index in [1.807, 2.05) is 36.5 Å². The van der Waals surface area contributed by atoms with Crippen LogP contribution in [0.1, 0.15) is 57.4 Å². The van der Waals surface area contributed by atoms with Gasteiger partial charge in [0, 0.05) is 30.5 Å². The summed E-state index contributed by atoms with van der Waals surface area (Å²) in [6, 6.07) is 15.9. The van der Waals surface area contributed by atoms with Crippen LogP contribution in [0.4, 0.5) is 16.3 Å². The van der Waals surface area contributed by atoms with Crippen molar-refractivity contribution < 1.29 is 19.7 Å². The molecule has 1 saturated heterocycles. The molecule has 3 aromatic heterocycles. The number of nitrogens with two attached hydrogens (primary N) is 1. The highest BCUT2D eigenvalue weighted by Crippen LogP contribution is 2.35. The van der Waals surface area contributed by atoms with Crippen LogP contribution in [0, 0.1) is 5.92 Å². The third-order valence-corrected chi connectivity index (χ3v) is 9.07. The Bertz CT molecular complexity index is 1830. The zero-order chi connectivity index (χ0) is 33.8. The fourth-order valence-electron chi connectivity index (χ4n) is 6.37. The van der Waals surface area contributed by atoms with Crippen molar-refractivity contribution in [1.29, 1.82) is 0 Å². The number of rotatable bonds is 12. The number of nitrogens with zero attached hydrogens (tertiary/aromatic N) is 4. The van der Waals surface area contributed by atoms with E-state index in [0.29, 0.717) is 43.6 Å². The van der Waals surface area contributed by atoms with Crippen molar-refractivity contribution in [2.24, 2.45) is 5.92 Å². The molecule has 6 rings (SSSR count). The van der Waals surface area contributed by atoms with E-state index in [0.717, 1.165) is 28.6 Å². The van der Waals surface area contributed by atoms with Crippen molar-refractivity contribution in [2.45, 2.75) is 76.5 Å². The molecule has 0 radical (unpaired) electrons. The van der Waals surface area contributed by atoms with Gasteiger partial charge in [-0.3, -0.25) is 4.57 Å². The van der Waals surface area contributed by atoms with Crippen molar-refractivity contribution >= 4 is 39.6 Å². The van der Waals surface area contributed by atoms with Crippen molar-refractivity contribution in [3.05, 3.63) is 78.5 Å². The van der Waals surface area contributed by atoms with Crippen molar-refractivity contribution in [3.8, 4) is 0 Å². The first kappa shape index (κ1) is 33.3. The summed E-state index contributed by atoms with van der Waals surface area (Å²) in [5, 5.41) is 32.7. The first-order valence-electron chi connectivity index (χ1n) is 16.4. The molecule has 5 aromatic rings. The number of urea groups is 1. The Labute approximate surface area is 279 Å². The Morgan fingerprint density at radius 2 is 1.90 bits per heavy atom. The van der Waals surface area contributed by atoms with E-state index >= 15 is 0 Å². The molecule has 0 spiro atoms. The molecule has 5 atom stereocenters. The Kier molecular flexibility index (Phi) is 9.92. The van der Waals surface area contributed by atoms with Gasteiger partial charge in [0.1, 0.15) is 24.1 Å². The second kappa shape index (κ2) is 14.3.